The predicted octanol–water partition coefficient (Wildman–Crippen LogP) is 1.43. The van der Waals surface area contributed by atoms with Crippen molar-refractivity contribution >= 4 is 5.97 Å². The van der Waals surface area contributed by atoms with Gasteiger partial charge in [-0.3, -0.25) is 9.63 Å². The first-order chi connectivity index (χ1) is 9.36. The van der Waals surface area contributed by atoms with Crippen LogP contribution in [0.3, 0.4) is 0 Å². The molecule has 0 aliphatic carbocycles. The van der Waals surface area contributed by atoms with Gasteiger partial charge in [0.2, 0.25) is 6.29 Å². The highest BCUT2D eigenvalue weighted by molar-refractivity contribution is 5.65. The molecule has 0 aromatic carbocycles. The maximum atomic E-state index is 10.8. The molecule has 3 unspecified atom stereocenters. The number of esters is 1. The summed E-state index contributed by atoms with van der Waals surface area (Å²) in [5.41, 5.74) is 8.52. The highest BCUT2D eigenvalue weighted by Crippen LogP contribution is 2.33. The standard InChI is InChI=1S/C10H16N4O6/c1-5-6(2)9(12-13-11)10(20-14(16)17)19-8(5)4-18-7(3)15/h5-6,8-10H,4H2,1-3H3/t5-,6?,8?,9-,10?/m0/s1. The Morgan fingerprint density at radius 1 is 1.50 bits per heavy atom. The third kappa shape index (κ3) is 3.97. The Labute approximate surface area is 114 Å². The van der Waals surface area contributed by atoms with Crippen molar-refractivity contribution in [2.24, 2.45) is 17.0 Å². The van der Waals surface area contributed by atoms with E-state index in [4.69, 9.17) is 15.0 Å². The van der Waals surface area contributed by atoms with E-state index in [1.54, 1.807) is 6.92 Å². The molecule has 1 saturated heterocycles. The molecule has 0 radical (unpaired) electrons. The van der Waals surface area contributed by atoms with Crippen LogP contribution < -0.4 is 0 Å². The van der Waals surface area contributed by atoms with Crippen molar-refractivity contribution in [3.05, 3.63) is 20.6 Å². The summed E-state index contributed by atoms with van der Waals surface area (Å²) in [5.74, 6) is -0.834. The smallest absolute Gasteiger partial charge is 0.302 e. The summed E-state index contributed by atoms with van der Waals surface area (Å²) in [6, 6.07) is -0.825. The molecule has 1 heterocycles. The van der Waals surface area contributed by atoms with Gasteiger partial charge in [0.15, 0.2) is 0 Å². The molecule has 1 aliphatic heterocycles. The van der Waals surface area contributed by atoms with Crippen LogP contribution >= 0.6 is 0 Å². The number of carbonyl (C=O) groups is 1. The highest BCUT2D eigenvalue weighted by atomic mass is 17.0. The Hall–Kier alpha value is -2.06. The van der Waals surface area contributed by atoms with Gasteiger partial charge in [-0.25, -0.2) is 0 Å². The summed E-state index contributed by atoms with van der Waals surface area (Å²) in [5, 5.41) is 13.0. The summed E-state index contributed by atoms with van der Waals surface area (Å²) in [7, 11) is 0. The van der Waals surface area contributed by atoms with Crippen molar-refractivity contribution in [3.8, 4) is 0 Å². The maximum absolute atomic E-state index is 10.8. The lowest BCUT2D eigenvalue weighted by molar-refractivity contribution is -0.783. The van der Waals surface area contributed by atoms with E-state index in [2.05, 4.69) is 14.9 Å². The Balaban J connectivity index is 2.85. The molecular formula is C10H16N4O6. The van der Waals surface area contributed by atoms with Gasteiger partial charge >= 0.3 is 5.97 Å². The molecule has 0 N–H and O–H groups in total. The molecule has 0 aromatic rings. The summed E-state index contributed by atoms with van der Waals surface area (Å²) in [6.07, 6.45) is -1.88. The average molecular weight is 288 g/mol. The maximum Gasteiger partial charge on any atom is 0.302 e. The van der Waals surface area contributed by atoms with Gasteiger partial charge in [-0.15, -0.1) is 10.1 Å². The van der Waals surface area contributed by atoms with Gasteiger partial charge < -0.3 is 9.47 Å². The minimum atomic E-state index is -1.31. The van der Waals surface area contributed by atoms with Crippen molar-refractivity contribution in [1.82, 2.24) is 0 Å². The number of azide groups is 1. The monoisotopic (exact) mass is 288 g/mol. The number of hydrogen-bond acceptors (Lipinski definition) is 7. The fourth-order valence-corrected chi connectivity index (χ4v) is 2.06. The molecule has 0 bridgehead atoms. The first-order valence-electron chi connectivity index (χ1n) is 6.01. The molecule has 20 heavy (non-hydrogen) atoms. The lowest BCUT2D eigenvalue weighted by Crippen LogP contribution is -2.51. The summed E-state index contributed by atoms with van der Waals surface area (Å²) >= 11 is 0. The number of hydrogen-bond donors (Lipinski definition) is 0. The second-order valence-corrected chi connectivity index (χ2v) is 4.59. The third-order valence-electron chi connectivity index (χ3n) is 3.37. The first-order valence-corrected chi connectivity index (χ1v) is 6.01. The van der Waals surface area contributed by atoms with Gasteiger partial charge in [-0.2, -0.15) is 0 Å². The zero-order valence-corrected chi connectivity index (χ0v) is 11.3. The second kappa shape index (κ2) is 6.92. The third-order valence-corrected chi connectivity index (χ3v) is 3.37. The van der Waals surface area contributed by atoms with Crippen LogP contribution in [0.25, 0.3) is 10.4 Å². The Bertz CT molecular complexity index is 424. The van der Waals surface area contributed by atoms with Crippen LogP contribution in [-0.4, -0.2) is 36.1 Å². The highest BCUT2D eigenvalue weighted by Gasteiger charge is 2.43. The molecule has 0 spiro atoms. The van der Waals surface area contributed by atoms with Crippen LogP contribution in [0.4, 0.5) is 0 Å². The average Bonchev–Trinajstić information content (AvgIpc) is 2.36. The van der Waals surface area contributed by atoms with E-state index in [1.807, 2.05) is 6.92 Å². The van der Waals surface area contributed by atoms with E-state index in [9.17, 15) is 14.9 Å². The van der Waals surface area contributed by atoms with Gasteiger partial charge in [0.25, 0.3) is 5.09 Å². The van der Waals surface area contributed by atoms with Crippen LogP contribution in [0.15, 0.2) is 5.11 Å². The lowest BCUT2D eigenvalue weighted by atomic mass is 9.82. The van der Waals surface area contributed by atoms with E-state index in [0.717, 1.165) is 0 Å². The number of nitrogens with zero attached hydrogens (tertiary/aromatic N) is 4. The van der Waals surface area contributed by atoms with E-state index in [-0.39, 0.29) is 18.4 Å². The Kier molecular flexibility index (Phi) is 5.53. The van der Waals surface area contributed by atoms with Gasteiger partial charge in [-0.05, 0) is 17.4 Å². The zero-order chi connectivity index (χ0) is 15.3. The van der Waals surface area contributed by atoms with E-state index in [1.165, 1.54) is 6.92 Å². The SMILES string of the molecule is CC(=O)OCC1OC(O[N+](=O)[O-])[C@@H](N=[N+]=[N-])C(C)[C@@H]1C. The molecule has 0 aromatic heterocycles. The fraction of sp³-hybridized carbons (Fsp3) is 0.900. The van der Waals surface area contributed by atoms with Gasteiger partial charge in [0.05, 0.1) is 12.1 Å². The molecule has 1 fully saturated rings. The largest absolute Gasteiger partial charge is 0.463 e. The zero-order valence-electron chi connectivity index (χ0n) is 11.3. The summed E-state index contributed by atoms with van der Waals surface area (Å²) in [6.45, 7) is 4.80. The van der Waals surface area contributed by atoms with Gasteiger partial charge in [0.1, 0.15) is 6.61 Å². The first kappa shape index (κ1) is 16.0. The van der Waals surface area contributed by atoms with Crippen molar-refractivity contribution in [1.29, 1.82) is 0 Å². The van der Waals surface area contributed by atoms with Crippen LogP contribution in [0.1, 0.15) is 20.8 Å². The van der Waals surface area contributed by atoms with Crippen LogP contribution in [-0.2, 0) is 19.1 Å². The molecule has 5 atom stereocenters. The molecule has 10 nitrogen and oxygen atoms in total. The van der Waals surface area contributed by atoms with Crippen LogP contribution in [0.5, 0.6) is 0 Å². The molecule has 1 aliphatic rings. The summed E-state index contributed by atoms with van der Waals surface area (Å²) < 4.78 is 10.2. The number of carbonyl (C=O) groups excluding carboxylic acids is 1. The second-order valence-electron chi connectivity index (χ2n) is 4.59. The molecule has 10 heteroatoms. The molecule has 112 valence electrons. The van der Waals surface area contributed by atoms with Crippen molar-refractivity contribution in [2.75, 3.05) is 6.61 Å². The Morgan fingerprint density at radius 3 is 2.65 bits per heavy atom. The molecule has 1 rings (SSSR count). The van der Waals surface area contributed by atoms with Crippen molar-refractivity contribution < 1.29 is 24.2 Å². The minimum Gasteiger partial charge on any atom is -0.463 e. The molecule has 0 saturated carbocycles. The lowest BCUT2D eigenvalue weighted by Gasteiger charge is -2.41. The van der Waals surface area contributed by atoms with Crippen LogP contribution in [0.2, 0.25) is 0 Å². The number of ether oxygens (including phenoxy) is 2. The van der Waals surface area contributed by atoms with E-state index >= 15 is 0 Å². The van der Waals surface area contributed by atoms with Gasteiger partial charge in [-0.1, -0.05) is 19.0 Å². The minimum absolute atomic E-state index is 0.0403. The Morgan fingerprint density at radius 2 is 2.15 bits per heavy atom. The van der Waals surface area contributed by atoms with E-state index in [0.29, 0.717) is 0 Å². The predicted molar refractivity (Wildman–Crippen MR) is 64.6 cm³/mol. The normalized spacial score (nSPS) is 32.9. The fourth-order valence-electron chi connectivity index (χ4n) is 2.06. The summed E-state index contributed by atoms with van der Waals surface area (Å²) in [4.78, 5) is 28.3. The van der Waals surface area contributed by atoms with Crippen molar-refractivity contribution in [3.63, 3.8) is 0 Å². The van der Waals surface area contributed by atoms with E-state index < -0.39 is 29.5 Å². The van der Waals surface area contributed by atoms with Gasteiger partial charge in [0, 0.05) is 11.8 Å². The van der Waals surface area contributed by atoms with Crippen LogP contribution in [0, 0.1) is 22.0 Å². The topological polar surface area (TPSA) is 137 Å². The van der Waals surface area contributed by atoms with Crippen molar-refractivity contribution in [2.45, 2.75) is 39.2 Å². The number of rotatable bonds is 5. The quantitative estimate of drug-likeness (QED) is 0.187. The molecule has 0 amide bonds. The molecular weight excluding hydrogens is 272 g/mol.